The largest absolute Gasteiger partial charge is 0.463 e. The zero-order valence-electron chi connectivity index (χ0n) is 11.7. The molecule has 0 N–H and O–H groups in total. The van der Waals surface area contributed by atoms with Crippen molar-refractivity contribution in [1.29, 1.82) is 0 Å². The van der Waals surface area contributed by atoms with Gasteiger partial charge in [0.25, 0.3) is 0 Å². The maximum Gasteiger partial charge on any atom is 0.418 e. The van der Waals surface area contributed by atoms with Crippen LogP contribution in [0, 0.1) is 0 Å². The third-order valence-electron chi connectivity index (χ3n) is 2.05. The molecule has 0 unspecified atom stereocenters. The number of aromatic nitrogens is 1. The van der Waals surface area contributed by atoms with Crippen LogP contribution in [0.3, 0.4) is 0 Å². The summed E-state index contributed by atoms with van der Waals surface area (Å²) in [5.74, 6) is -0.445. The average molecular weight is 265 g/mol. The monoisotopic (exact) mass is 265 g/mol. The minimum Gasteiger partial charge on any atom is -0.463 e. The van der Waals surface area contributed by atoms with Crippen LogP contribution < -0.4 is 0 Å². The van der Waals surface area contributed by atoms with Gasteiger partial charge in [0.15, 0.2) is 0 Å². The number of ether oxygens (including phenoxy) is 2. The van der Waals surface area contributed by atoms with Gasteiger partial charge in [0.2, 0.25) is 0 Å². The van der Waals surface area contributed by atoms with Gasteiger partial charge in [-0.15, -0.1) is 0 Å². The SMILES string of the molecule is CCOC(=O)/C=C/c1cccn1C(=O)OC(C)(C)C. The molecule has 0 bridgehead atoms. The number of nitrogens with zero attached hydrogens (tertiary/aromatic N) is 1. The van der Waals surface area contributed by atoms with Gasteiger partial charge in [0, 0.05) is 12.3 Å². The Morgan fingerprint density at radius 3 is 2.63 bits per heavy atom. The highest BCUT2D eigenvalue weighted by molar-refractivity contribution is 5.87. The third-order valence-corrected chi connectivity index (χ3v) is 2.05. The smallest absolute Gasteiger partial charge is 0.418 e. The first-order chi connectivity index (χ1) is 8.83. The Labute approximate surface area is 112 Å². The highest BCUT2D eigenvalue weighted by Gasteiger charge is 2.18. The van der Waals surface area contributed by atoms with E-state index in [1.54, 1.807) is 46.0 Å². The van der Waals surface area contributed by atoms with Crippen LogP contribution in [0.15, 0.2) is 24.4 Å². The zero-order chi connectivity index (χ0) is 14.5. The second-order valence-corrected chi connectivity index (χ2v) is 4.87. The standard InChI is InChI=1S/C14H19NO4/c1-5-18-12(16)9-8-11-7-6-10-15(11)13(17)19-14(2,3)4/h6-10H,5H2,1-4H3/b9-8+. The number of hydrogen-bond donors (Lipinski definition) is 0. The molecule has 0 atom stereocenters. The fourth-order valence-electron chi connectivity index (χ4n) is 1.35. The fraction of sp³-hybridized carbons (Fsp3) is 0.429. The van der Waals surface area contributed by atoms with Crippen LogP contribution >= 0.6 is 0 Å². The van der Waals surface area contributed by atoms with Crippen LogP contribution in [-0.2, 0) is 14.3 Å². The Hall–Kier alpha value is -2.04. The minimum absolute atomic E-state index is 0.316. The molecule has 0 aromatic carbocycles. The number of hydrogen-bond acceptors (Lipinski definition) is 4. The molecular formula is C14H19NO4. The van der Waals surface area contributed by atoms with Crippen LogP contribution in [0.25, 0.3) is 6.08 Å². The van der Waals surface area contributed by atoms with Gasteiger partial charge in [0.05, 0.1) is 12.3 Å². The summed E-state index contributed by atoms with van der Waals surface area (Å²) in [4.78, 5) is 23.1. The molecule has 0 fully saturated rings. The lowest BCUT2D eigenvalue weighted by atomic mass is 10.2. The molecule has 1 aromatic heterocycles. The van der Waals surface area contributed by atoms with E-state index in [-0.39, 0.29) is 0 Å². The lowest BCUT2D eigenvalue weighted by molar-refractivity contribution is -0.137. The van der Waals surface area contributed by atoms with Crippen LogP contribution in [0.1, 0.15) is 33.4 Å². The van der Waals surface area contributed by atoms with E-state index in [0.717, 1.165) is 0 Å². The molecule has 0 saturated carbocycles. The van der Waals surface area contributed by atoms with Crippen LogP contribution in [0.5, 0.6) is 0 Å². The van der Waals surface area contributed by atoms with Crippen molar-refractivity contribution >= 4 is 18.1 Å². The molecule has 0 amide bonds. The summed E-state index contributed by atoms with van der Waals surface area (Å²) in [6, 6.07) is 3.41. The maximum atomic E-state index is 11.9. The Kier molecular flexibility index (Phi) is 4.92. The number of esters is 1. The van der Waals surface area contributed by atoms with Gasteiger partial charge >= 0.3 is 12.1 Å². The third kappa shape index (κ3) is 4.99. The summed E-state index contributed by atoms with van der Waals surface area (Å²) < 4.78 is 11.4. The summed E-state index contributed by atoms with van der Waals surface area (Å²) in [6.07, 6.45) is 3.89. The summed E-state index contributed by atoms with van der Waals surface area (Å²) in [7, 11) is 0. The molecule has 0 saturated heterocycles. The predicted octanol–water partition coefficient (Wildman–Crippen LogP) is 2.85. The molecule has 19 heavy (non-hydrogen) atoms. The van der Waals surface area contributed by atoms with Crippen LogP contribution in [0.4, 0.5) is 4.79 Å². The number of rotatable bonds is 3. The first kappa shape index (κ1) is 15.0. The van der Waals surface area contributed by atoms with Gasteiger partial charge in [-0.3, -0.25) is 4.57 Å². The topological polar surface area (TPSA) is 57.5 Å². The minimum atomic E-state index is -0.566. The van der Waals surface area contributed by atoms with E-state index in [2.05, 4.69) is 0 Å². The summed E-state index contributed by atoms with van der Waals surface area (Å²) in [5.41, 5.74) is -0.00831. The molecular weight excluding hydrogens is 246 g/mol. The van der Waals surface area contributed by atoms with Gasteiger partial charge < -0.3 is 9.47 Å². The molecule has 0 spiro atoms. The van der Waals surface area contributed by atoms with Gasteiger partial charge in [-0.2, -0.15) is 0 Å². The molecule has 104 valence electrons. The Balaban J connectivity index is 2.81. The van der Waals surface area contributed by atoms with Gasteiger partial charge in [-0.1, -0.05) is 0 Å². The predicted molar refractivity (Wildman–Crippen MR) is 71.7 cm³/mol. The molecule has 5 heteroatoms. The second kappa shape index (κ2) is 6.22. The lowest BCUT2D eigenvalue weighted by Gasteiger charge is -2.20. The number of carbonyl (C=O) groups is 2. The van der Waals surface area contributed by atoms with Crippen molar-refractivity contribution in [3.63, 3.8) is 0 Å². The van der Waals surface area contributed by atoms with Gasteiger partial charge in [-0.25, -0.2) is 9.59 Å². The molecule has 0 aliphatic heterocycles. The van der Waals surface area contributed by atoms with Crippen molar-refractivity contribution in [3.05, 3.63) is 30.1 Å². The van der Waals surface area contributed by atoms with Gasteiger partial charge in [-0.05, 0) is 45.9 Å². The molecule has 0 aliphatic carbocycles. The molecule has 1 aromatic rings. The van der Waals surface area contributed by atoms with Crippen molar-refractivity contribution in [2.45, 2.75) is 33.3 Å². The van der Waals surface area contributed by atoms with Crippen molar-refractivity contribution < 1.29 is 19.1 Å². The van der Waals surface area contributed by atoms with E-state index in [0.29, 0.717) is 12.3 Å². The highest BCUT2D eigenvalue weighted by Crippen LogP contribution is 2.12. The van der Waals surface area contributed by atoms with Crippen LogP contribution in [0.2, 0.25) is 0 Å². The Morgan fingerprint density at radius 2 is 2.05 bits per heavy atom. The molecule has 0 radical (unpaired) electrons. The van der Waals surface area contributed by atoms with E-state index in [1.807, 2.05) is 0 Å². The van der Waals surface area contributed by atoms with Gasteiger partial charge in [0.1, 0.15) is 5.60 Å². The van der Waals surface area contributed by atoms with E-state index in [9.17, 15) is 9.59 Å². The average Bonchev–Trinajstić information content (AvgIpc) is 2.72. The summed E-state index contributed by atoms with van der Waals surface area (Å²) >= 11 is 0. The van der Waals surface area contributed by atoms with E-state index in [1.165, 1.54) is 16.7 Å². The van der Waals surface area contributed by atoms with Crippen LogP contribution in [-0.4, -0.2) is 28.8 Å². The first-order valence-electron chi connectivity index (χ1n) is 6.09. The van der Waals surface area contributed by atoms with Crippen molar-refractivity contribution in [2.75, 3.05) is 6.61 Å². The molecule has 5 nitrogen and oxygen atoms in total. The van der Waals surface area contributed by atoms with E-state index in [4.69, 9.17) is 9.47 Å². The van der Waals surface area contributed by atoms with Crippen molar-refractivity contribution in [3.8, 4) is 0 Å². The van der Waals surface area contributed by atoms with Crippen molar-refractivity contribution in [1.82, 2.24) is 4.57 Å². The highest BCUT2D eigenvalue weighted by atomic mass is 16.6. The molecule has 1 heterocycles. The maximum absolute atomic E-state index is 11.9. The quantitative estimate of drug-likeness (QED) is 0.623. The Morgan fingerprint density at radius 1 is 1.37 bits per heavy atom. The second-order valence-electron chi connectivity index (χ2n) is 4.87. The normalized spacial score (nSPS) is 11.6. The Bertz CT molecular complexity index is 480. The summed E-state index contributed by atoms with van der Waals surface area (Å²) in [6.45, 7) is 7.43. The van der Waals surface area contributed by atoms with E-state index < -0.39 is 17.7 Å². The van der Waals surface area contributed by atoms with E-state index >= 15 is 0 Å². The molecule has 0 aliphatic rings. The lowest BCUT2D eigenvalue weighted by Crippen LogP contribution is -2.27. The first-order valence-corrected chi connectivity index (χ1v) is 6.09. The van der Waals surface area contributed by atoms with Crippen molar-refractivity contribution in [2.24, 2.45) is 0 Å². The zero-order valence-corrected chi connectivity index (χ0v) is 11.7. The summed E-state index contributed by atoms with van der Waals surface area (Å²) in [5, 5.41) is 0. The number of carbonyl (C=O) groups excluding carboxylic acids is 2. The fourth-order valence-corrected chi connectivity index (χ4v) is 1.35. The molecule has 1 rings (SSSR count).